The van der Waals surface area contributed by atoms with Gasteiger partial charge in [0.1, 0.15) is 24.7 Å². The zero-order chi connectivity index (χ0) is 26.5. The van der Waals surface area contributed by atoms with Crippen LogP contribution in [-0.4, -0.2) is 51.8 Å². The van der Waals surface area contributed by atoms with Crippen LogP contribution in [0.25, 0.3) is 28.2 Å². The van der Waals surface area contributed by atoms with Crippen LogP contribution in [0.4, 0.5) is 13.2 Å². The van der Waals surface area contributed by atoms with Crippen LogP contribution in [0, 0.1) is 0 Å². The van der Waals surface area contributed by atoms with Gasteiger partial charge in [0.2, 0.25) is 5.91 Å². The lowest BCUT2D eigenvalue weighted by Gasteiger charge is -2.18. The highest BCUT2D eigenvalue weighted by atomic mass is 35.5. The first-order valence-corrected chi connectivity index (χ1v) is 12.3. The molecular formula is C27H26ClF3N4O2. The molecule has 4 aromatic rings. The summed E-state index contributed by atoms with van der Waals surface area (Å²) in [4.78, 5) is 19.5. The van der Waals surface area contributed by atoms with Gasteiger partial charge in [0, 0.05) is 34.8 Å². The van der Waals surface area contributed by atoms with Crippen molar-refractivity contribution in [3.05, 3.63) is 70.9 Å². The van der Waals surface area contributed by atoms with Crippen LogP contribution in [0.5, 0.6) is 5.75 Å². The Labute approximate surface area is 217 Å². The first-order chi connectivity index (χ1) is 17.9. The maximum Gasteiger partial charge on any atom is 0.280 e. The van der Waals surface area contributed by atoms with E-state index in [1.54, 1.807) is 53.4 Å². The molecule has 6 nitrogen and oxygen atoms in total. The lowest BCUT2D eigenvalue weighted by molar-refractivity contribution is -0.130. The first-order valence-electron chi connectivity index (χ1n) is 11.9. The second-order valence-corrected chi connectivity index (χ2v) is 8.68. The van der Waals surface area contributed by atoms with Gasteiger partial charge in [-0.15, -0.1) is 0 Å². The van der Waals surface area contributed by atoms with Crippen molar-refractivity contribution >= 4 is 23.2 Å². The number of amides is 1. The monoisotopic (exact) mass is 530 g/mol. The Kier molecular flexibility index (Phi) is 8.33. The third-order valence-corrected chi connectivity index (χ3v) is 6.25. The van der Waals surface area contributed by atoms with Gasteiger partial charge >= 0.3 is 0 Å². The summed E-state index contributed by atoms with van der Waals surface area (Å²) in [5, 5.41) is 5.00. The molecule has 2 aromatic carbocycles. The van der Waals surface area contributed by atoms with Crippen molar-refractivity contribution in [3.8, 4) is 28.3 Å². The Morgan fingerprint density at radius 1 is 1.05 bits per heavy atom. The van der Waals surface area contributed by atoms with Crippen molar-refractivity contribution in [2.45, 2.75) is 26.7 Å². The zero-order valence-electron chi connectivity index (χ0n) is 20.4. The lowest BCUT2D eigenvalue weighted by atomic mass is 10.0. The van der Waals surface area contributed by atoms with Gasteiger partial charge in [-0.1, -0.05) is 23.7 Å². The summed E-state index contributed by atoms with van der Waals surface area (Å²) in [5.41, 5.74) is 2.14. The number of carbonyl (C=O) groups excluding carboxylic acids is 1. The number of likely N-dealkylation sites (N-methyl/N-ethyl adjacent to an activating group) is 1. The summed E-state index contributed by atoms with van der Waals surface area (Å²) in [7, 11) is 0. The van der Waals surface area contributed by atoms with Crippen LogP contribution in [-0.2, 0) is 11.2 Å². The molecule has 0 atom stereocenters. The standard InChI is InChI=1S/C27H26ClF3N4O2/c1-3-34(4-2)24(36)15-21-25(18-7-11-20(12-8-18)37-14-13-29)33-35-23(26(30)31)16-22(32-27(21)35)17-5-9-19(28)10-6-17/h5-12,16,26H,3-4,13-15H2,1-2H3. The molecule has 0 aliphatic heterocycles. The SMILES string of the molecule is CCN(CC)C(=O)Cc1c(-c2ccc(OCCF)cc2)nn2c(C(F)F)cc(-c3ccc(Cl)cc3)nc12. The predicted molar refractivity (Wildman–Crippen MR) is 137 cm³/mol. The highest BCUT2D eigenvalue weighted by Crippen LogP contribution is 2.33. The Bertz CT molecular complexity index is 1370. The highest BCUT2D eigenvalue weighted by Gasteiger charge is 2.25. The maximum absolute atomic E-state index is 14.2. The number of halogens is 4. The number of fused-ring (bicyclic) bond motifs is 1. The van der Waals surface area contributed by atoms with Gasteiger partial charge in [0.05, 0.1) is 17.8 Å². The van der Waals surface area contributed by atoms with Crippen LogP contribution in [0.15, 0.2) is 54.6 Å². The van der Waals surface area contributed by atoms with Crippen molar-refractivity contribution in [2.75, 3.05) is 26.4 Å². The topological polar surface area (TPSA) is 59.7 Å². The minimum Gasteiger partial charge on any atom is -0.491 e. The van der Waals surface area contributed by atoms with Gasteiger partial charge in [0.25, 0.3) is 6.43 Å². The third kappa shape index (κ3) is 5.72. The van der Waals surface area contributed by atoms with Gasteiger partial charge in [-0.25, -0.2) is 22.7 Å². The molecule has 2 aromatic heterocycles. The second kappa shape index (κ2) is 11.6. The summed E-state index contributed by atoms with van der Waals surface area (Å²) in [5.74, 6) is 0.295. The molecule has 0 aliphatic rings. The minimum absolute atomic E-state index is 0.0691. The summed E-state index contributed by atoms with van der Waals surface area (Å²) in [6, 6.07) is 14.7. The average molecular weight is 531 g/mol. The van der Waals surface area contributed by atoms with Crippen LogP contribution >= 0.6 is 11.6 Å². The fourth-order valence-corrected chi connectivity index (χ4v) is 4.23. The fraction of sp³-hybridized carbons (Fsp3) is 0.296. The van der Waals surface area contributed by atoms with E-state index in [1.165, 1.54) is 6.07 Å². The molecule has 0 N–H and O–H groups in total. The molecule has 4 rings (SSSR count). The molecule has 37 heavy (non-hydrogen) atoms. The van der Waals surface area contributed by atoms with Crippen LogP contribution < -0.4 is 4.74 Å². The molecule has 0 radical (unpaired) electrons. The number of nitrogens with zero attached hydrogens (tertiary/aromatic N) is 4. The van der Waals surface area contributed by atoms with Crippen molar-refractivity contribution < 1.29 is 22.7 Å². The van der Waals surface area contributed by atoms with E-state index in [4.69, 9.17) is 16.3 Å². The quantitative estimate of drug-likeness (QED) is 0.237. The Morgan fingerprint density at radius 2 is 1.70 bits per heavy atom. The average Bonchev–Trinajstić information content (AvgIpc) is 3.26. The van der Waals surface area contributed by atoms with E-state index in [0.717, 1.165) is 4.52 Å². The first kappa shape index (κ1) is 26.5. The van der Waals surface area contributed by atoms with E-state index in [1.807, 2.05) is 13.8 Å². The molecule has 0 spiro atoms. The molecular weight excluding hydrogens is 505 g/mol. The van der Waals surface area contributed by atoms with E-state index >= 15 is 0 Å². The number of hydrogen-bond acceptors (Lipinski definition) is 4. The fourth-order valence-electron chi connectivity index (χ4n) is 4.11. The molecule has 1 amide bonds. The normalized spacial score (nSPS) is 11.3. The van der Waals surface area contributed by atoms with E-state index in [-0.39, 0.29) is 30.3 Å². The van der Waals surface area contributed by atoms with Gasteiger partial charge in [-0.05, 0) is 56.3 Å². The predicted octanol–water partition coefficient (Wildman–Crippen LogP) is 6.41. The summed E-state index contributed by atoms with van der Waals surface area (Å²) in [6.45, 7) is 4.07. The molecule has 0 saturated carbocycles. The molecule has 0 unspecified atom stereocenters. The Hall–Kier alpha value is -3.59. The van der Waals surface area contributed by atoms with Crippen molar-refractivity contribution in [3.63, 3.8) is 0 Å². The van der Waals surface area contributed by atoms with Crippen LogP contribution in [0.1, 0.15) is 31.5 Å². The van der Waals surface area contributed by atoms with Crippen molar-refractivity contribution in [2.24, 2.45) is 0 Å². The van der Waals surface area contributed by atoms with Gasteiger partial charge in [0.15, 0.2) is 5.65 Å². The van der Waals surface area contributed by atoms with E-state index in [9.17, 15) is 18.0 Å². The third-order valence-electron chi connectivity index (χ3n) is 5.99. The zero-order valence-corrected chi connectivity index (χ0v) is 21.2. The number of ether oxygens (including phenoxy) is 1. The molecule has 0 aliphatic carbocycles. The molecule has 0 fully saturated rings. The Balaban J connectivity index is 1.92. The molecule has 0 bridgehead atoms. The van der Waals surface area contributed by atoms with Crippen molar-refractivity contribution in [1.82, 2.24) is 19.5 Å². The molecule has 10 heteroatoms. The van der Waals surface area contributed by atoms with Gasteiger partial charge in [-0.2, -0.15) is 5.10 Å². The largest absolute Gasteiger partial charge is 0.491 e. The number of carbonyl (C=O) groups is 1. The second-order valence-electron chi connectivity index (χ2n) is 8.24. The summed E-state index contributed by atoms with van der Waals surface area (Å²) >= 11 is 6.00. The van der Waals surface area contributed by atoms with Crippen LogP contribution in [0.3, 0.4) is 0 Å². The number of benzene rings is 2. The van der Waals surface area contributed by atoms with Gasteiger partial charge in [-0.3, -0.25) is 4.79 Å². The molecule has 2 heterocycles. The van der Waals surface area contributed by atoms with Crippen LogP contribution in [0.2, 0.25) is 5.02 Å². The number of alkyl halides is 3. The van der Waals surface area contributed by atoms with E-state index in [2.05, 4.69) is 10.1 Å². The molecule has 194 valence electrons. The number of rotatable bonds is 10. The highest BCUT2D eigenvalue weighted by molar-refractivity contribution is 6.30. The Morgan fingerprint density at radius 3 is 2.30 bits per heavy atom. The summed E-state index contributed by atoms with van der Waals surface area (Å²) < 4.78 is 47.4. The number of hydrogen-bond donors (Lipinski definition) is 0. The van der Waals surface area contributed by atoms with Crippen molar-refractivity contribution in [1.29, 1.82) is 0 Å². The van der Waals surface area contributed by atoms with E-state index < -0.39 is 13.1 Å². The smallest absolute Gasteiger partial charge is 0.280 e. The maximum atomic E-state index is 14.2. The summed E-state index contributed by atoms with van der Waals surface area (Å²) in [6.07, 6.45) is -2.91. The van der Waals surface area contributed by atoms with Gasteiger partial charge < -0.3 is 9.64 Å². The lowest BCUT2D eigenvalue weighted by Crippen LogP contribution is -2.31. The minimum atomic E-state index is -2.84. The number of aromatic nitrogens is 3. The van der Waals surface area contributed by atoms with E-state index in [0.29, 0.717) is 51.9 Å². The molecule has 0 saturated heterocycles.